The smallest absolute Gasteiger partial charge is 0.255 e. The normalized spacial score (nSPS) is 17.0. The van der Waals surface area contributed by atoms with Crippen LogP contribution < -0.4 is 9.64 Å². The average Bonchev–Trinajstić information content (AvgIpc) is 2.67. The van der Waals surface area contributed by atoms with Crippen LogP contribution in [0.5, 0.6) is 5.75 Å². The third-order valence-corrected chi connectivity index (χ3v) is 4.72. The number of halogens is 1. The molecule has 5 heteroatoms. The summed E-state index contributed by atoms with van der Waals surface area (Å²) in [6.45, 7) is 1.99. The van der Waals surface area contributed by atoms with Crippen LogP contribution in [0.15, 0.2) is 48.5 Å². The minimum atomic E-state index is -0.272. The van der Waals surface area contributed by atoms with Crippen molar-refractivity contribution in [3.8, 4) is 5.75 Å². The first-order valence-corrected chi connectivity index (χ1v) is 8.98. The van der Waals surface area contributed by atoms with Crippen LogP contribution in [0.1, 0.15) is 23.2 Å². The summed E-state index contributed by atoms with van der Waals surface area (Å²) >= 11 is 0. The van der Waals surface area contributed by atoms with E-state index in [-0.39, 0.29) is 17.6 Å². The minimum absolute atomic E-state index is 0.0702. The van der Waals surface area contributed by atoms with Crippen molar-refractivity contribution in [2.45, 2.75) is 12.8 Å². The molecule has 138 valence electrons. The van der Waals surface area contributed by atoms with Crippen LogP contribution >= 0.6 is 0 Å². The zero-order valence-corrected chi connectivity index (χ0v) is 15.3. The van der Waals surface area contributed by atoms with E-state index >= 15 is 0 Å². The van der Waals surface area contributed by atoms with Crippen LogP contribution in [0.4, 0.5) is 10.1 Å². The zero-order valence-electron chi connectivity index (χ0n) is 15.3. The Morgan fingerprint density at radius 2 is 1.92 bits per heavy atom. The number of hydrogen-bond donors (Lipinski definition) is 0. The first-order chi connectivity index (χ1) is 12.5. The Hall–Kier alpha value is -2.56. The van der Waals surface area contributed by atoms with Crippen molar-refractivity contribution in [1.29, 1.82) is 0 Å². The number of anilines is 1. The quantitative estimate of drug-likeness (QED) is 0.816. The fourth-order valence-corrected chi connectivity index (χ4v) is 3.35. The standard InChI is InChI=1S/C21H25FN2O2/c1-23(2)20-8-4-3-7-19(20)21(25)24-13-5-6-16(14-24)15-26-18-11-9-17(22)10-12-18/h3-4,7-12,16H,5-6,13-15H2,1-2H3/t16-/m0/s1. The maximum absolute atomic E-state index is 13.0. The van der Waals surface area contributed by atoms with Crippen molar-refractivity contribution in [3.63, 3.8) is 0 Å². The van der Waals surface area contributed by atoms with Crippen molar-refractivity contribution in [3.05, 3.63) is 59.9 Å². The summed E-state index contributed by atoms with van der Waals surface area (Å²) in [6.07, 6.45) is 1.99. The molecule has 0 unspecified atom stereocenters. The Morgan fingerprint density at radius 1 is 1.19 bits per heavy atom. The van der Waals surface area contributed by atoms with Crippen molar-refractivity contribution in [2.75, 3.05) is 38.7 Å². The number of benzene rings is 2. The molecule has 3 rings (SSSR count). The van der Waals surface area contributed by atoms with Gasteiger partial charge in [0.15, 0.2) is 0 Å². The van der Waals surface area contributed by atoms with E-state index in [1.165, 1.54) is 12.1 Å². The highest BCUT2D eigenvalue weighted by Gasteiger charge is 2.26. The van der Waals surface area contributed by atoms with Crippen LogP contribution in [-0.2, 0) is 0 Å². The molecule has 1 heterocycles. The second-order valence-corrected chi connectivity index (χ2v) is 6.94. The van der Waals surface area contributed by atoms with Gasteiger partial charge < -0.3 is 14.5 Å². The van der Waals surface area contributed by atoms with Gasteiger partial charge in [0.05, 0.1) is 12.2 Å². The molecule has 1 aliphatic heterocycles. The van der Waals surface area contributed by atoms with Crippen molar-refractivity contribution in [2.24, 2.45) is 5.92 Å². The Bertz CT molecular complexity index is 746. The van der Waals surface area contributed by atoms with E-state index in [9.17, 15) is 9.18 Å². The Morgan fingerprint density at radius 3 is 2.65 bits per heavy atom. The lowest BCUT2D eigenvalue weighted by Crippen LogP contribution is -2.42. The summed E-state index contributed by atoms with van der Waals surface area (Å²) in [5, 5.41) is 0. The van der Waals surface area contributed by atoms with Crippen LogP contribution in [0.2, 0.25) is 0 Å². The number of ether oxygens (including phenoxy) is 1. The van der Waals surface area contributed by atoms with Crippen LogP contribution in [0.25, 0.3) is 0 Å². The lowest BCUT2D eigenvalue weighted by atomic mass is 9.98. The molecule has 0 radical (unpaired) electrons. The van der Waals surface area contributed by atoms with Crippen LogP contribution in [0, 0.1) is 11.7 Å². The van der Waals surface area contributed by atoms with E-state index in [2.05, 4.69) is 0 Å². The molecule has 2 aromatic rings. The largest absolute Gasteiger partial charge is 0.493 e. The zero-order chi connectivity index (χ0) is 18.5. The molecule has 0 aliphatic carbocycles. The minimum Gasteiger partial charge on any atom is -0.493 e. The van der Waals surface area contributed by atoms with Gasteiger partial charge in [-0.05, 0) is 49.2 Å². The van der Waals surface area contributed by atoms with E-state index in [0.717, 1.165) is 30.6 Å². The first kappa shape index (κ1) is 18.2. The Balaban J connectivity index is 1.63. The van der Waals surface area contributed by atoms with Crippen molar-refractivity contribution >= 4 is 11.6 Å². The van der Waals surface area contributed by atoms with Gasteiger partial charge in [-0.2, -0.15) is 0 Å². The summed E-state index contributed by atoms with van der Waals surface area (Å²) in [7, 11) is 3.89. The predicted molar refractivity (Wildman–Crippen MR) is 101 cm³/mol. The van der Waals surface area contributed by atoms with Gasteiger partial charge >= 0.3 is 0 Å². The summed E-state index contributed by atoms with van der Waals surface area (Å²) < 4.78 is 18.8. The number of carbonyl (C=O) groups excluding carboxylic acids is 1. The predicted octanol–water partition coefficient (Wildman–Crippen LogP) is 3.82. The molecular formula is C21H25FN2O2. The summed E-state index contributed by atoms with van der Waals surface area (Å²) in [6, 6.07) is 13.8. The lowest BCUT2D eigenvalue weighted by Gasteiger charge is -2.33. The fraction of sp³-hybridized carbons (Fsp3) is 0.381. The number of piperidine rings is 1. The highest BCUT2D eigenvalue weighted by Crippen LogP contribution is 2.24. The number of likely N-dealkylation sites (tertiary alicyclic amines) is 1. The van der Waals surface area contributed by atoms with Crippen molar-refractivity contribution in [1.82, 2.24) is 4.90 Å². The Kier molecular flexibility index (Phi) is 5.76. The van der Waals surface area contributed by atoms with Gasteiger partial charge in [-0.25, -0.2) is 4.39 Å². The topological polar surface area (TPSA) is 32.8 Å². The SMILES string of the molecule is CN(C)c1ccccc1C(=O)N1CCC[C@H](COc2ccc(F)cc2)C1. The molecule has 1 amide bonds. The first-order valence-electron chi connectivity index (χ1n) is 8.98. The molecule has 2 aromatic carbocycles. The second-order valence-electron chi connectivity index (χ2n) is 6.94. The number of rotatable bonds is 5. The second kappa shape index (κ2) is 8.21. The van der Waals surface area contributed by atoms with Gasteiger partial charge in [0.25, 0.3) is 5.91 Å². The molecule has 26 heavy (non-hydrogen) atoms. The molecule has 0 aromatic heterocycles. The maximum atomic E-state index is 13.0. The van der Waals surface area contributed by atoms with Gasteiger partial charge in [-0.15, -0.1) is 0 Å². The maximum Gasteiger partial charge on any atom is 0.255 e. The molecule has 0 N–H and O–H groups in total. The molecule has 0 saturated carbocycles. The molecule has 1 aliphatic rings. The highest BCUT2D eigenvalue weighted by molar-refractivity contribution is 5.99. The van der Waals surface area contributed by atoms with E-state index in [0.29, 0.717) is 18.9 Å². The Labute approximate surface area is 154 Å². The van der Waals surface area contributed by atoms with E-state index in [4.69, 9.17) is 4.74 Å². The van der Waals surface area contributed by atoms with Gasteiger partial charge in [0, 0.05) is 38.8 Å². The van der Waals surface area contributed by atoms with Crippen LogP contribution in [0.3, 0.4) is 0 Å². The summed E-state index contributed by atoms with van der Waals surface area (Å²) in [5.74, 6) is 0.740. The fourth-order valence-electron chi connectivity index (χ4n) is 3.35. The van der Waals surface area contributed by atoms with E-state index < -0.39 is 0 Å². The molecule has 1 atom stereocenters. The third kappa shape index (κ3) is 4.34. The van der Waals surface area contributed by atoms with Gasteiger partial charge in [0.2, 0.25) is 0 Å². The molecule has 1 saturated heterocycles. The molecule has 0 bridgehead atoms. The van der Waals surface area contributed by atoms with Gasteiger partial charge in [0.1, 0.15) is 11.6 Å². The molecule has 4 nitrogen and oxygen atoms in total. The lowest BCUT2D eigenvalue weighted by molar-refractivity contribution is 0.0634. The van der Waals surface area contributed by atoms with Gasteiger partial charge in [-0.3, -0.25) is 4.79 Å². The number of amides is 1. The summed E-state index contributed by atoms with van der Waals surface area (Å²) in [4.78, 5) is 16.9. The van der Waals surface area contributed by atoms with Crippen molar-refractivity contribution < 1.29 is 13.9 Å². The molecule has 1 fully saturated rings. The molecular weight excluding hydrogens is 331 g/mol. The van der Waals surface area contributed by atoms with E-state index in [1.807, 2.05) is 48.2 Å². The average molecular weight is 356 g/mol. The molecule has 0 spiro atoms. The third-order valence-electron chi connectivity index (χ3n) is 4.72. The number of carbonyl (C=O) groups is 1. The monoisotopic (exact) mass is 356 g/mol. The number of hydrogen-bond acceptors (Lipinski definition) is 3. The van der Waals surface area contributed by atoms with Gasteiger partial charge in [-0.1, -0.05) is 12.1 Å². The number of nitrogens with zero attached hydrogens (tertiary/aromatic N) is 2. The number of para-hydroxylation sites is 1. The van der Waals surface area contributed by atoms with E-state index in [1.54, 1.807) is 12.1 Å². The highest BCUT2D eigenvalue weighted by atomic mass is 19.1. The summed E-state index contributed by atoms with van der Waals surface area (Å²) in [5.41, 5.74) is 1.67. The van der Waals surface area contributed by atoms with Crippen LogP contribution in [-0.4, -0.2) is 44.6 Å².